The van der Waals surface area contributed by atoms with E-state index < -0.39 is 5.60 Å². The molecule has 1 atom stereocenters. The molecule has 1 aliphatic heterocycles. The number of aromatic amines is 1. The monoisotopic (exact) mass is 347 g/mol. The Morgan fingerprint density at radius 3 is 3.00 bits per heavy atom. The van der Waals surface area contributed by atoms with E-state index in [1.165, 1.54) is 0 Å². The van der Waals surface area contributed by atoms with Crippen molar-refractivity contribution in [1.29, 1.82) is 0 Å². The van der Waals surface area contributed by atoms with Crippen molar-refractivity contribution in [2.24, 2.45) is 0 Å². The fraction of sp³-hybridized carbons (Fsp3) is 0.556. The van der Waals surface area contributed by atoms with Gasteiger partial charge in [-0.2, -0.15) is 4.98 Å². The van der Waals surface area contributed by atoms with Crippen LogP contribution in [0.5, 0.6) is 6.01 Å². The van der Waals surface area contributed by atoms with Crippen LogP contribution in [-0.4, -0.2) is 65.9 Å². The summed E-state index contributed by atoms with van der Waals surface area (Å²) in [6.45, 7) is 7.93. The first kappa shape index (κ1) is 17.7. The summed E-state index contributed by atoms with van der Waals surface area (Å²) in [5, 5.41) is 0. The van der Waals surface area contributed by atoms with Gasteiger partial charge in [0.05, 0.1) is 36.0 Å². The van der Waals surface area contributed by atoms with E-state index in [2.05, 4.69) is 9.97 Å². The highest BCUT2D eigenvalue weighted by Crippen LogP contribution is 2.24. The highest BCUT2D eigenvalue weighted by Gasteiger charge is 2.36. The summed E-state index contributed by atoms with van der Waals surface area (Å²) in [5.41, 5.74) is 1.78. The lowest BCUT2D eigenvalue weighted by molar-refractivity contribution is -0.143. The number of H-pyrrole nitrogens is 1. The Hall–Kier alpha value is -2.12. The van der Waals surface area contributed by atoms with Crippen molar-refractivity contribution in [3.63, 3.8) is 0 Å². The van der Waals surface area contributed by atoms with Gasteiger partial charge < -0.3 is 24.1 Å². The summed E-state index contributed by atoms with van der Waals surface area (Å²) >= 11 is 0. The molecule has 1 aliphatic rings. The zero-order valence-electron chi connectivity index (χ0n) is 15.2. The van der Waals surface area contributed by atoms with E-state index in [-0.39, 0.29) is 12.0 Å². The smallest absolute Gasteiger partial charge is 0.294 e. The van der Waals surface area contributed by atoms with E-state index >= 15 is 0 Å². The second-order valence-electron chi connectivity index (χ2n) is 6.85. The van der Waals surface area contributed by atoms with Crippen LogP contribution in [0.3, 0.4) is 0 Å². The molecule has 0 spiro atoms. The number of hydrogen-bond donors (Lipinski definition) is 1. The van der Waals surface area contributed by atoms with E-state index in [1.807, 2.05) is 37.8 Å². The molecule has 1 N–H and O–H groups in total. The predicted octanol–water partition coefficient (Wildman–Crippen LogP) is 2.23. The molecule has 0 aliphatic carbocycles. The van der Waals surface area contributed by atoms with Crippen LogP contribution < -0.4 is 4.74 Å². The number of rotatable bonds is 5. The second-order valence-corrected chi connectivity index (χ2v) is 6.85. The van der Waals surface area contributed by atoms with E-state index in [0.29, 0.717) is 37.9 Å². The number of amides is 1. The third-order valence-electron chi connectivity index (χ3n) is 4.11. The van der Waals surface area contributed by atoms with Gasteiger partial charge >= 0.3 is 0 Å². The number of morpholine rings is 1. The van der Waals surface area contributed by atoms with Crippen LogP contribution in [0.2, 0.25) is 0 Å². The highest BCUT2D eigenvalue weighted by molar-refractivity contribution is 5.97. The average molecular weight is 347 g/mol. The van der Waals surface area contributed by atoms with E-state index in [0.717, 1.165) is 11.0 Å². The Balaban J connectivity index is 1.82. The molecule has 136 valence electrons. The number of nitrogens with one attached hydrogen (secondary N) is 1. The molecule has 25 heavy (non-hydrogen) atoms. The van der Waals surface area contributed by atoms with E-state index in [4.69, 9.17) is 14.2 Å². The topological polar surface area (TPSA) is 76.7 Å². The fourth-order valence-corrected chi connectivity index (χ4v) is 3.23. The Kier molecular flexibility index (Phi) is 4.96. The summed E-state index contributed by atoms with van der Waals surface area (Å²) < 4.78 is 16.6. The minimum atomic E-state index is -0.405. The van der Waals surface area contributed by atoms with Gasteiger partial charge in [-0.1, -0.05) is 0 Å². The number of ether oxygens (including phenoxy) is 3. The zero-order chi connectivity index (χ0) is 18.0. The second kappa shape index (κ2) is 7.01. The lowest BCUT2D eigenvalue weighted by atomic mass is 10.0. The first-order valence-corrected chi connectivity index (χ1v) is 8.50. The SMILES string of the molecule is CCOc1nc2ccc(C(=O)N3C[C@H](COC)OC(C)(C)C3)cc2[nH]1. The van der Waals surface area contributed by atoms with Gasteiger partial charge in [0.1, 0.15) is 0 Å². The minimum absolute atomic E-state index is 0.0214. The molecule has 0 unspecified atom stereocenters. The van der Waals surface area contributed by atoms with Crippen LogP contribution in [0.4, 0.5) is 0 Å². The number of fused-ring (bicyclic) bond motifs is 1. The molecular weight excluding hydrogens is 322 g/mol. The maximum Gasteiger partial charge on any atom is 0.294 e. The van der Waals surface area contributed by atoms with Gasteiger partial charge in [0, 0.05) is 25.8 Å². The summed E-state index contributed by atoms with van der Waals surface area (Å²) in [5.74, 6) is -0.0214. The Morgan fingerprint density at radius 2 is 2.28 bits per heavy atom. The van der Waals surface area contributed by atoms with E-state index in [9.17, 15) is 4.79 Å². The Bertz CT molecular complexity index is 756. The van der Waals surface area contributed by atoms with Gasteiger partial charge in [-0.05, 0) is 39.0 Å². The van der Waals surface area contributed by atoms with Crippen molar-refractivity contribution in [3.05, 3.63) is 23.8 Å². The van der Waals surface area contributed by atoms with Crippen LogP contribution >= 0.6 is 0 Å². The molecule has 1 amide bonds. The highest BCUT2D eigenvalue weighted by atomic mass is 16.5. The maximum absolute atomic E-state index is 13.0. The molecule has 1 fully saturated rings. The summed E-state index contributed by atoms with van der Waals surface area (Å²) in [6.07, 6.45) is -0.127. The van der Waals surface area contributed by atoms with Crippen LogP contribution in [0, 0.1) is 0 Å². The molecule has 0 saturated carbocycles. The van der Waals surface area contributed by atoms with Crippen molar-refractivity contribution < 1.29 is 19.0 Å². The first-order valence-electron chi connectivity index (χ1n) is 8.50. The third kappa shape index (κ3) is 3.93. The normalized spacial score (nSPS) is 20.0. The lowest BCUT2D eigenvalue weighted by Gasteiger charge is -2.42. The molecule has 2 aromatic rings. The van der Waals surface area contributed by atoms with Crippen molar-refractivity contribution >= 4 is 16.9 Å². The van der Waals surface area contributed by atoms with Gasteiger partial charge in [-0.3, -0.25) is 4.79 Å². The number of nitrogens with zero attached hydrogens (tertiary/aromatic N) is 2. The average Bonchev–Trinajstić information content (AvgIpc) is 2.94. The molecule has 1 aromatic heterocycles. The standard InChI is InChI=1S/C18H25N3O4/c1-5-24-17-19-14-7-6-12(8-15(14)20-17)16(22)21-9-13(10-23-4)25-18(2,3)11-21/h6-8,13H,5,9-11H2,1-4H3,(H,19,20)/t13-/m1/s1. The molecular formula is C18H25N3O4. The van der Waals surface area contributed by atoms with Gasteiger partial charge in [0.25, 0.3) is 11.9 Å². The minimum Gasteiger partial charge on any atom is -0.465 e. The Labute approximate surface area is 147 Å². The molecule has 7 nitrogen and oxygen atoms in total. The lowest BCUT2D eigenvalue weighted by Crippen LogP contribution is -2.55. The van der Waals surface area contributed by atoms with Crippen LogP contribution in [-0.2, 0) is 9.47 Å². The number of hydrogen-bond acceptors (Lipinski definition) is 5. The van der Waals surface area contributed by atoms with Gasteiger partial charge in [0.2, 0.25) is 0 Å². The molecule has 7 heteroatoms. The zero-order valence-corrected chi connectivity index (χ0v) is 15.2. The summed E-state index contributed by atoms with van der Waals surface area (Å²) in [7, 11) is 1.64. The summed E-state index contributed by atoms with van der Waals surface area (Å²) in [6, 6.07) is 5.92. The van der Waals surface area contributed by atoms with Crippen LogP contribution in [0.15, 0.2) is 18.2 Å². The van der Waals surface area contributed by atoms with Gasteiger partial charge in [-0.25, -0.2) is 0 Å². The van der Waals surface area contributed by atoms with Crippen molar-refractivity contribution in [2.45, 2.75) is 32.5 Å². The largest absolute Gasteiger partial charge is 0.465 e. The molecule has 2 heterocycles. The number of carbonyl (C=O) groups is 1. The number of imidazole rings is 1. The number of carbonyl (C=O) groups excluding carboxylic acids is 1. The van der Waals surface area contributed by atoms with Crippen molar-refractivity contribution in [1.82, 2.24) is 14.9 Å². The van der Waals surface area contributed by atoms with Crippen molar-refractivity contribution in [3.8, 4) is 6.01 Å². The third-order valence-corrected chi connectivity index (χ3v) is 4.11. The maximum atomic E-state index is 13.0. The summed E-state index contributed by atoms with van der Waals surface area (Å²) in [4.78, 5) is 22.2. The molecule has 3 rings (SSSR count). The van der Waals surface area contributed by atoms with Crippen LogP contribution in [0.1, 0.15) is 31.1 Å². The number of methoxy groups -OCH3 is 1. The van der Waals surface area contributed by atoms with Gasteiger partial charge in [-0.15, -0.1) is 0 Å². The van der Waals surface area contributed by atoms with E-state index in [1.54, 1.807) is 13.2 Å². The molecule has 0 bridgehead atoms. The quantitative estimate of drug-likeness (QED) is 0.897. The van der Waals surface area contributed by atoms with Crippen LogP contribution in [0.25, 0.3) is 11.0 Å². The molecule has 1 aromatic carbocycles. The first-order chi connectivity index (χ1) is 11.9. The molecule has 1 saturated heterocycles. The predicted molar refractivity (Wildman–Crippen MR) is 94.0 cm³/mol. The Morgan fingerprint density at radius 1 is 1.48 bits per heavy atom. The fourth-order valence-electron chi connectivity index (χ4n) is 3.23. The molecule has 0 radical (unpaired) electrons. The number of benzene rings is 1. The van der Waals surface area contributed by atoms with Crippen molar-refractivity contribution in [2.75, 3.05) is 33.4 Å². The van der Waals surface area contributed by atoms with Gasteiger partial charge in [0.15, 0.2) is 0 Å². The number of aromatic nitrogens is 2.